The maximum atomic E-state index is 12.5. The van der Waals surface area contributed by atoms with E-state index in [-0.39, 0.29) is 5.91 Å². The molecule has 1 saturated heterocycles. The molecule has 1 amide bonds. The molecule has 1 fully saturated rings. The van der Waals surface area contributed by atoms with Crippen LogP contribution >= 0.6 is 0 Å². The summed E-state index contributed by atoms with van der Waals surface area (Å²) in [5, 5.41) is 7.00. The van der Waals surface area contributed by atoms with Crippen molar-refractivity contribution in [3.05, 3.63) is 48.5 Å². The van der Waals surface area contributed by atoms with E-state index in [4.69, 9.17) is 4.52 Å². The number of nitrogens with zero attached hydrogens (tertiary/aromatic N) is 6. The van der Waals surface area contributed by atoms with E-state index in [1.165, 1.54) is 0 Å². The van der Waals surface area contributed by atoms with Crippen molar-refractivity contribution in [2.24, 2.45) is 0 Å². The van der Waals surface area contributed by atoms with Gasteiger partial charge in [-0.2, -0.15) is 4.98 Å². The molecule has 3 aromatic heterocycles. The van der Waals surface area contributed by atoms with Crippen LogP contribution in [0.1, 0.15) is 12.2 Å². The van der Waals surface area contributed by atoms with E-state index >= 15 is 0 Å². The summed E-state index contributed by atoms with van der Waals surface area (Å²) in [6.45, 7) is 5.29. The highest BCUT2D eigenvalue weighted by atomic mass is 16.5. The molecular formula is C20H23N7O2. The van der Waals surface area contributed by atoms with E-state index in [2.05, 4.69) is 30.3 Å². The van der Waals surface area contributed by atoms with E-state index in [0.717, 1.165) is 24.5 Å². The number of hydrogen-bond donors (Lipinski definition) is 1. The molecule has 1 aliphatic heterocycles. The van der Waals surface area contributed by atoms with Crippen LogP contribution in [-0.4, -0.2) is 63.6 Å². The molecule has 1 N–H and O–H groups in total. The highest BCUT2D eigenvalue weighted by molar-refractivity contribution is 5.77. The largest absolute Gasteiger partial charge is 0.370 e. The summed E-state index contributed by atoms with van der Waals surface area (Å²) in [5.41, 5.74) is 0.792. The standard InChI is InChI=1S/C20H23N7O2/c1-15-24-20(29-25-15)16-5-8-21-17(14-16)22-9-6-19(28)27-12-10-26(11-13-27)18-4-2-3-7-23-18/h2-5,7-8,14H,6,9-13H2,1H3,(H,21,22). The summed E-state index contributed by atoms with van der Waals surface area (Å²) >= 11 is 0. The highest BCUT2D eigenvalue weighted by Gasteiger charge is 2.21. The molecule has 9 heteroatoms. The number of piperazine rings is 1. The number of anilines is 2. The average molecular weight is 393 g/mol. The van der Waals surface area contributed by atoms with Gasteiger partial charge >= 0.3 is 0 Å². The van der Waals surface area contributed by atoms with Gasteiger partial charge in [-0.15, -0.1) is 0 Å². The molecule has 4 heterocycles. The van der Waals surface area contributed by atoms with Gasteiger partial charge in [0.05, 0.1) is 0 Å². The lowest BCUT2D eigenvalue weighted by atomic mass is 10.2. The Morgan fingerprint density at radius 1 is 1.14 bits per heavy atom. The van der Waals surface area contributed by atoms with Crippen LogP contribution in [0.2, 0.25) is 0 Å². The lowest BCUT2D eigenvalue weighted by Gasteiger charge is -2.35. The first kappa shape index (κ1) is 18.9. The van der Waals surface area contributed by atoms with Gasteiger partial charge in [-0.25, -0.2) is 9.97 Å². The van der Waals surface area contributed by atoms with Crippen molar-refractivity contribution in [2.45, 2.75) is 13.3 Å². The number of carbonyl (C=O) groups excluding carboxylic acids is 1. The van der Waals surface area contributed by atoms with Crippen molar-refractivity contribution in [2.75, 3.05) is 42.9 Å². The first-order valence-electron chi connectivity index (χ1n) is 9.63. The van der Waals surface area contributed by atoms with Crippen LogP contribution in [0.15, 0.2) is 47.2 Å². The van der Waals surface area contributed by atoms with E-state index in [0.29, 0.717) is 43.6 Å². The summed E-state index contributed by atoms with van der Waals surface area (Å²) in [7, 11) is 0. The second kappa shape index (κ2) is 8.68. The number of amides is 1. The lowest BCUT2D eigenvalue weighted by Crippen LogP contribution is -2.49. The van der Waals surface area contributed by atoms with Crippen molar-refractivity contribution in [1.29, 1.82) is 0 Å². The smallest absolute Gasteiger partial charge is 0.258 e. The molecule has 0 unspecified atom stereocenters. The Bertz CT molecular complexity index is 952. The van der Waals surface area contributed by atoms with Crippen LogP contribution in [0, 0.1) is 6.92 Å². The van der Waals surface area contributed by atoms with Gasteiger partial charge < -0.3 is 19.6 Å². The van der Waals surface area contributed by atoms with Crippen LogP contribution in [0.4, 0.5) is 11.6 Å². The van der Waals surface area contributed by atoms with Crippen LogP contribution in [0.25, 0.3) is 11.5 Å². The highest BCUT2D eigenvalue weighted by Crippen LogP contribution is 2.19. The third kappa shape index (κ3) is 4.68. The number of carbonyl (C=O) groups is 1. The Morgan fingerprint density at radius 3 is 2.72 bits per heavy atom. The number of aryl methyl sites for hydroxylation is 1. The zero-order chi connectivity index (χ0) is 20.1. The topological polar surface area (TPSA) is 100 Å². The summed E-state index contributed by atoms with van der Waals surface area (Å²) in [5.74, 6) is 2.81. The molecule has 9 nitrogen and oxygen atoms in total. The molecule has 150 valence electrons. The minimum absolute atomic E-state index is 0.141. The van der Waals surface area contributed by atoms with Gasteiger partial charge in [0.1, 0.15) is 11.6 Å². The molecule has 0 bridgehead atoms. The molecule has 0 aromatic carbocycles. The molecule has 0 saturated carbocycles. The fraction of sp³-hybridized carbons (Fsp3) is 0.350. The molecule has 0 aliphatic carbocycles. The molecule has 0 radical (unpaired) electrons. The first-order valence-corrected chi connectivity index (χ1v) is 9.63. The normalized spacial score (nSPS) is 14.1. The van der Waals surface area contributed by atoms with Crippen LogP contribution in [0.3, 0.4) is 0 Å². The molecule has 4 rings (SSSR count). The number of rotatable bonds is 6. The molecule has 29 heavy (non-hydrogen) atoms. The van der Waals surface area contributed by atoms with Crippen LogP contribution in [-0.2, 0) is 4.79 Å². The fourth-order valence-electron chi connectivity index (χ4n) is 3.26. The first-order chi connectivity index (χ1) is 14.2. The van der Waals surface area contributed by atoms with Gasteiger partial charge in [0.2, 0.25) is 5.91 Å². The fourth-order valence-corrected chi connectivity index (χ4v) is 3.26. The predicted octanol–water partition coefficient (Wildman–Crippen LogP) is 1.99. The van der Waals surface area contributed by atoms with Crippen molar-refractivity contribution in [3.63, 3.8) is 0 Å². The summed E-state index contributed by atoms with van der Waals surface area (Å²) in [6.07, 6.45) is 3.88. The third-order valence-corrected chi connectivity index (χ3v) is 4.79. The molecule has 1 aliphatic rings. The SMILES string of the molecule is Cc1noc(-c2ccnc(NCCC(=O)N3CCN(c4ccccn4)CC3)c2)n1. The van der Waals surface area contributed by atoms with E-state index < -0.39 is 0 Å². The van der Waals surface area contributed by atoms with E-state index in [1.807, 2.05) is 35.2 Å². The zero-order valence-electron chi connectivity index (χ0n) is 16.3. The van der Waals surface area contributed by atoms with Gasteiger partial charge in [0, 0.05) is 57.1 Å². The Labute approximate surface area is 168 Å². The Kier molecular flexibility index (Phi) is 5.64. The second-order valence-corrected chi connectivity index (χ2v) is 6.81. The number of pyridine rings is 2. The van der Waals surface area contributed by atoms with Crippen molar-refractivity contribution < 1.29 is 9.32 Å². The van der Waals surface area contributed by atoms with Crippen molar-refractivity contribution >= 4 is 17.5 Å². The van der Waals surface area contributed by atoms with E-state index in [9.17, 15) is 4.79 Å². The minimum Gasteiger partial charge on any atom is -0.370 e. The Hall–Kier alpha value is -3.49. The van der Waals surface area contributed by atoms with Gasteiger partial charge in [-0.3, -0.25) is 4.79 Å². The summed E-state index contributed by atoms with van der Waals surface area (Å²) in [6, 6.07) is 9.53. The maximum Gasteiger partial charge on any atom is 0.258 e. The Balaban J connectivity index is 1.24. The molecule has 0 atom stereocenters. The quantitative estimate of drug-likeness (QED) is 0.679. The maximum absolute atomic E-state index is 12.5. The molecule has 3 aromatic rings. The predicted molar refractivity (Wildman–Crippen MR) is 108 cm³/mol. The van der Waals surface area contributed by atoms with Crippen molar-refractivity contribution in [1.82, 2.24) is 25.0 Å². The van der Waals surface area contributed by atoms with Crippen molar-refractivity contribution in [3.8, 4) is 11.5 Å². The van der Waals surface area contributed by atoms with Gasteiger partial charge in [0.25, 0.3) is 5.89 Å². The van der Waals surface area contributed by atoms with Gasteiger partial charge in [-0.05, 0) is 31.2 Å². The van der Waals surface area contributed by atoms with Crippen LogP contribution in [0.5, 0.6) is 0 Å². The lowest BCUT2D eigenvalue weighted by molar-refractivity contribution is -0.131. The van der Waals surface area contributed by atoms with E-state index in [1.54, 1.807) is 19.3 Å². The summed E-state index contributed by atoms with van der Waals surface area (Å²) in [4.78, 5) is 29.5. The van der Waals surface area contributed by atoms with Gasteiger partial charge in [0.15, 0.2) is 5.82 Å². The number of aromatic nitrogens is 4. The third-order valence-electron chi connectivity index (χ3n) is 4.79. The summed E-state index contributed by atoms with van der Waals surface area (Å²) < 4.78 is 5.18. The van der Waals surface area contributed by atoms with Gasteiger partial charge in [-0.1, -0.05) is 11.2 Å². The number of hydrogen-bond acceptors (Lipinski definition) is 8. The second-order valence-electron chi connectivity index (χ2n) is 6.81. The number of nitrogens with one attached hydrogen (secondary N) is 1. The molecule has 0 spiro atoms. The van der Waals surface area contributed by atoms with Crippen LogP contribution < -0.4 is 10.2 Å². The molecular weight excluding hydrogens is 370 g/mol. The minimum atomic E-state index is 0.141. The Morgan fingerprint density at radius 2 is 2.00 bits per heavy atom. The zero-order valence-corrected chi connectivity index (χ0v) is 16.3. The monoisotopic (exact) mass is 393 g/mol. The average Bonchev–Trinajstić information content (AvgIpc) is 3.21.